The maximum Gasteiger partial charge on any atom is 0.420 e. The number of rotatable bonds is 8. The Hall–Kier alpha value is -3.13. The molecule has 0 fully saturated rings. The molecule has 0 spiro atoms. The molecule has 2 rings (SSSR count). The molecule has 0 unspecified atom stereocenters. The lowest BCUT2D eigenvalue weighted by Crippen LogP contribution is -2.31. The van der Waals surface area contributed by atoms with Crippen LogP contribution in [0.2, 0.25) is 0 Å². The second kappa shape index (κ2) is 10.1. The van der Waals surface area contributed by atoms with Crippen molar-refractivity contribution in [2.45, 2.75) is 20.8 Å². The standard InChI is InChI=1S/C19H23N3O5/c1-4-25-14-10-11-15(18(23)21-27-6-3)16(13-14)22(19(24)26-5-2)17-9-7-8-12-20-17/h7-13H,4-6H2,1-3H3,(H,21,23). The van der Waals surface area contributed by atoms with Crippen LogP contribution in [-0.4, -0.2) is 36.8 Å². The summed E-state index contributed by atoms with van der Waals surface area (Å²) in [7, 11) is 0. The van der Waals surface area contributed by atoms with E-state index in [1.165, 1.54) is 4.90 Å². The van der Waals surface area contributed by atoms with Gasteiger partial charge in [-0.2, -0.15) is 0 Å². The van der Waals surface area contributed by atoms with Gasteiger partial charge >= 0.3 is 6.09 Å². The van der Waals surface area contributed by atoms with E-state index in [2.05, 4.69) is 10.5 Å². The van der Waals surface area contributed by atoms with Gasteiger partial charge in [0.05, 0.1) is 31.1 Å². The van der Waals surface area contributed by atoms with Crippen LogP contribution in [0, 0.1) is 0 Å². The van der Waals surface area contributed by atoms with E-state index in [1.807, 2.05) is 6.92 Å². The Morgan fingerprint density at radius 2 is 1.89 bits per heavy atom. The number of carbonyl (C=O) groups excluding carboxylic acids is 2. The second-order valence-electron chi connectivity index (χ2n) is 5.20. The molecule has 2 aromatic rings. The SMILES string of the molecule is CCONC(=O)c1ccc(OCC)cc1N(C(=O)OCC)c1ccccn1. The van der Waals surface area contributed by atoms with E-state index in [-0.39, 0.29) is 17.9 Å². The lowest BCUT2D eigenvalue weighted by atomic mass is 10.1. The summed E-state index contributed by atoms with van der Waals surface area (Å²) in [6, 6.07) is 9.91. The minimum Gasteiger partial charge on any atom is -0.494 e. The summed E-state index contributed by atoms with van der Waals surface area (Å²) in [4.78, 5) is 35.6. The number of ether oxygens (including phenoxy) is 2. The lowest BCUT2D eigenvalue weighted by molar-refractivity contribution is 0.0365. The van der Waals surface area contributed by atoms with E-state index in [0.717, 1.165) is 0 Å². The van der Waals surface area contributed by atoms with Crippen LogP contribution in [0.5, 0.6) is 5.75 Å². The quantitative estimate of drug-likeness (QED) is 0.713. The Kier molecular flexibility index (Phi) is 7.57. The van der Waals surface area contributed by atoms with Crippen molar-refractivity contribution in [1.29, 1.82) is 0 Å². The highest BCUT2D eigenvalue weighted by atomic mass is 16.6. The molecule has 8 nitrogen and oxygen atoms in total. The number of carbonyl (C=O) groups is 2. The predicted molar refractivity (Wildman–Crippen MR) is 100 cm³/mol. The molecule has 1 N–H and O–H groups in total. The number of nitrogens with one attached hydrogen (secondary N) is 1. The maximum absolute atomic E-state index is 12.7. The average Bonchev–Trinajstić information content (AvgIpc) is 2.68. The summed E-state index contributed by atoms with van der Waals surface area (Å²) in [5.74, 6) is 0.320. The molecule has 1 aromatic carbocycles. The summed E-state index contributed by atoms with van der Waals surface area (Å²) in [5.41, 5.74) is 2.83. The first-order chi connectivity index (χ1) is 13.1. The number of nitrogens with zero attached hydrogens (tertiary/aromatic N) is 2. The van der Waals surface area contributed by atoms with Crippen molar-refractivity contribution in [2.24, 2.45) is 0 Å². The van der Waals surface area contributed by atoms with Gasteiger partial charge in [0, 0.05) is 12.3 Å². The number of hydrogen-bond acceptors (Lipinski definition) is 6. The Labute approximate surface area is 158 Å². The number of anilines is 2. The highest BCUT2D eigenvalue weighted by molar-refractivity contribution is 6.06. The fourth-order valence-corrected chi connectivity index (χ4v) is 2.33. The van der Waals surface area contributed by atoms with E-state index >= 15 is 0 Å². The van der Waals surface area contributed by atoms with Gasteiger partial charge < -0.3 is 9.47 Å². The number of benzene rings is 1. The summed E-state index contributed by atoms with van der Waals surface area (Å²) in [6.45, 7) is 6.21. The molecule has 2 amide bonds. The van der Waals surface area contributed by atoms with Gasteiger partial charge in [0.15, 0.2) is 0 Å². The van der Waals surface area contributed by atoms with E-state index in [1.54, 1.807) is 56.4 Å². The smallest absolute Gasteiger partial charge is 0.420 e. The number of amides is 2. The van der Waals surface area contributed by atoms with Crippen molar-refractivity contribution in [2.75, 3.05) is 24.7 Å². The third-order valence-electron chi connectivity index (χ3n) is 3.40. The summed E-state index contributed by atoms with van der Waals surface area (Å²) >= 11 is 0. The van der Waals surface area contributed by atoms with Gasteiger partial charge in [0.1, 0.15) is 11.6 Å². The maximum atomic E-state index is 12.7. The number of hydrogen-bond donors (Lipinski definition) is 1. The Morgan fingerprint density at radius 1 is 1.07 bits per heavy atom. The molecule has 27 heavy (non-hydrogen) atoms. The minimum atomic E-state index is -0.657. The lowest BCUT2D eigenvalue weighted by Gasteiger charge is -2.23. The van der Waals surface area contributed by atoms with Gasteiger partial charge in [0.25, 0.3) is 5.91 Å². The van der Waals surface area contributed by atoms with Crippen molar-refractivity contribution in [1.82, 2.24) is 10.5 Å². The molecular weight excluding hydrogens is 350 g/mol. The monoisotopic (exact) mass is 373 g/mol. The fourth-order valence-electron chi connectivity index (χ4n) is 2.33. The zero-order valence-electron chi connectivity index (χ0n) is 15.6. The van der Waals surface area contributed by atoms with Gasteiger partial charge in [-0.25, -0.2) is 20.2 Å². The molecule has 1 aromatic heterocycles. The first-order valence-electron chi connectivity index (χ1n) is 8.69. The van der Waals surface area contributed by atoms with Crippen LogP contribution in [0.1, 0.15) is 31.1 Å². The summed E-state index contributed by atoms with van der Waals surface area (Å²) in [5, 5.41) is 0. The van der Waals surface area contributed by atoms with Gasteiger partial charge in [-0.3, -0.25) is 9.63 Å². The Balaban J connectivity index is 2.58. The molecule has 0 aliphatic carbocycles. The zero-order valence-corrected chi connectivity index (χ0v) is 15.6. The van der Waals surface area contributed by atoms with Gasteiger partial charge in [-0.05, 0) is 45.0 Å². The number of aromatic nitrogens is 1. The normalized spacial score (nSPS) is 10.2. The van der Waals surface area contributed by atoms with Crippen LogP contribution < -0.4 is 15.1 Å². The highest BCUT2D eigenvalue weighted by Gasteiger charge is 2.26. The van der Waals surface area contributed by atoms with E-state index in [0.29, 0.717) is 24.8 Å². The molecule has 144 valence electrons. The van der Waals surface area contributed by atoms with Crippen LogP contribution in [0.4, 0.5) is 16.3 Å². The van der Waals surface area contributed by atoms with Gasteiger partial charge in [-0.1, -0.05) is 6.07 Å². The summed E-state index contributed by atoms with van der Waals surface area (Å²) in [6.07, 6.45) is 0.892. The van der Waals surface area contributed by atoms with Crippen LogP contribution in [0.25, 0.3) is 0 Å². The third kappa shape index (κ3) is 5.18. The predicted octanol–water partition coefficient (Wildman–Crippen LogP) is 3.46. The van der Waals surface area contributed by atoms with Crippen molar-refractivity contribution in [3.63, 3.8) is 0 Å². The van der Waals surface area contributed by atoms with E-state index < -0.39 is 12.0 Å². The Morgan fingerprint density at radius 3 is 2.52 bits per heavy atom. The van der Waals surface area contributed by atoms with Crippen molar-refractivity contribution in [3.05, 3.63) is 48.2 Å². The molecule has 0 aliphatic rings. The van der Waals surface area contributed by atoms with Crippen LogP contribution in [0.3, 0.4) is 0 Å². The first kappa shape index (κ1) is 20.2. The van der Waals surface area contributed by atoms with E-state index in [9.17, 15) is 9.59 Å². The van der Waals surface area contributed by atoms with Crippen molar-refractivity contribution >= 4 is 23.5 Å². The number of pyridine rings is 1. The number of hydroxylamine groups is 1. The summed E-state index contributed by atoms with van der Waals surface area (Å²) < 4.78 is 10.7. The van der Waals surface area contributed by atoms with E-state index in [4.69, 9.17) is 14.3 Å². The zero-order chi connectivity index (χ0) is 19.6. The van der Waals surface area contributed by atoms with Crippen LogP contribution in [-0.2, 0) is 9.57 Å². The highest BCUT2D eigenvalue weighted by Crippen LogP contribution is 2.32. The van der Waals surface area contributed by atoms with Gasteiger partial charge in [0.2, 0.25) is 0 Å². The van der Waals surface area contributed by atoms with Crippen LogP contribution >= 0.6 is 0 Å². The minimum absolute atomic E-state index is 0.174. The molecular formula is C19H23N3O5. The molecule has 0 bridgehead atoms. The third-order valence-corrected chi connectivity index (χ3v) is 3.40. The molecule has 8 heteroatoms. The topological polar surface area (TPSA) is 90.0 Å². The first-order valence-corrected chi connectivity index (χ1v) is 8.69. The molecule has 0 atom stereocenters. The van der Waals surface area contributed by atoms with Crippen molar-refractivity contribution in [3.8, 4) is 5.75 Å². The average molecular weight is 373 g/mol. The molecule has 1 heterocycles. The van der Waals surface area contributed by atoms with Crippen molar-refractivity contribution < 1.29 is 23.9 Å². The van der Waals surface area contributed by atoms with Gasteiger partial charge in [-0.15, -0.1) is 0 Å². The fraction of sp³-hybridized carbons (Fsp3) is 0.316. The molecule has 0 aliphatic heterocycles. The Bertz CT molecular complexity index is 767. The molecule has 0 saturated heterocycles. The van der Waals surface area contributed by atoms with Crippen LogP contribution in [0.15, 0.2) is 42.6 Å². The largest absolute Gasteiger partial charge is 0.494 e. The molecule has 0 saturated carbocycles. The molecule has 0 radical (unpaired) electrons. The second-order valence-corrected chi connectivity index (χ2v) is 5.20.